The maximum Gasteiger partial charge on any atom is 0.405 e. The van der Waals surface area contributed by atoms with Crippen LogP contribution in [0, 0.1) is 11.8 Å². The van der Waals surface area contributed by atoms with Crippen LogP contribution in [0.1, 0.15) is 60.8 Å². The smallest absolute Gasteiger partial charge is 0.405 e. The lowest BCUT2D eigenvalue weighted by Crippen LogP contribution is -2.53. The summed E-state index contributed by atoms with van der Waals surface area (Å²) in [6, 6.07) is -2.19. The largest absolute Gasteiger partial charge is 0.465 e. The third-order valence-electron chi connectivity index (χ3n) is 3.35. The van der Waals surface area contributed by atoms with Crippen LogP contribution >= 0.6 is 0 Å². The minimum Gasteiger partial charge on any atom is -0.465 e. The Morgan fingerprint density at radius 1 is 1.17 bits per heavy atom. The van der Waals surface area contributed by atoms with Crippen LogP contribution in [0.15, 0.2) is 0 Å². The van der Waals surface area contributed by atoms with Gasteiger partial charge in [-0.05, 0) is 39.5 Å². The van der Waals surface area contributed by atoms with Crippen LogP contribution in [0.5, 0.6) is 0 Å². The van der Waals surface area contributed by atoms with Crippen molar-refractivity contribution in [3.8, 4) is 0 Å². The highest BCUT2D eigenvalue weighted by Crippen LogP contribution is 2.31. The maximum absolute atomic E-state index is 13.5. The molecular formula is C16H30F3NO3S. The number of rotatable bonds is 9. The van der Waals surface area contributed by atoms with Gasteiger partial charge in [0.2, 0.25) is 0 Å². The normalized spacial score (nSPS) is 16.8. The molecule has 0 unspecified atom stereocenters. The van der Waals surface area contributed by atoms with Crippen LogP contribution in [-0.4, -0.2) is 33.8 Å². The van der Waals surface area contributed by atoms with E-state index in [1.54, 1.807) is 27.7 Å². The van der Waals surface area contributed by atoms with Crippen molar-refractivity contribution in [2.45, 2.75) is 77.8 Å². The van der Waals surface area contributed by atoms with E-state index in [0.717, 1.165) is 0 Å². The molecule has 0 aliphatic rings. The van der Waals surface area contributed by atoms with Crippen molar-refractivity contribution in [3.05, 3.63) is 0 Å². The summed E-state index contributed by atoms with van der Waals surface area (Å²) in [7, 11) is -1.95. The molecule has 1 N–H and O–H groups in total. The van der Waals surface area contributed by atoms with E-state index in [1.807, 2.05) is 13.8 Å². The highest BCUT2D eigenvalue weighted by atomic mass is 32.2. The molecule has 0 spiro atoms. The zero-order chi connectivity index (χ0) is 19.1. The summed E-state index contributed by atoms with van der Waals surface area (Å²) in [4.78, 5) is 12.2. The van der Waals surface area contributed by atoms with Crippen molar-refractivity contribution in [3.63, 3.8) is 0 Å². The van der Waals surface area contributed by atoms with E-state index in [1.165, 1.54) is 0 Å². The van der Waals surface area contributed by atoms with Crippen LogP contribution in [0.25, 0.3) is 0 Å². The summed E-state index contributed by atoms with van der Waals surface area (Å²) in [5.74, 6) is -2.16. The molecule has 144 valence electrons. The van der Waals surface area contributed by atoms with Gasteiger partial charge in [-0.2, -0.15) is 13.2 Å². The van der Waals surface area contributed by atoms with Crippen LogP contribution in [0.4, 0.5) is 13.2 Å². The lowest BCUT2D eigenvalue weighted by molar-refractivity contribution is -0.179. The number of ether oxygens (including phenoxy) is 1. The second kappa shape index (κ2) is 9.75. The summed E-state index contributed by atoms with van der Waals surface area (Å²) >= 11 is 0. The van der Waals surface area contributed by atoms with Gasteiger partial charge >= 0.3 is 12.1 Å². The summed E-state index contributed by atoms with van der Waals surface area (Å²) in [6.45, 7) is 10.3. The lowest BCUT2D eigenvalue weighted by atomic mass is 9.91. The first-order valence-electron chi connectivity index (χ1n) is 8.22. The average Bonchev–Trinajstić information content (AvgIpc) is 2.41. The number of alkyl halides is 3. The number of halogens is 3. The van der Waals surface area contributed by atoms with Crippen molar-refractivity contribution in [1.82, 2.24) is 4.72 Å². The molecule has 4 nitrogen and oxygen atoms in total. The zero-order valence-electron chi connectivity index (χ0n) is 15.3. The third-order valence-corrected chi connectivity index (χ3v) is 4.93. The SMILES string of the molecule is CCCOC(=O)[C@H](CCC(C)C)[C@@H](N[S@](=O)C(C)(C)C)C(F)(F)F. The zero-order valence-corrected chi connectivity index (χ0v) is 16.1. The molecule has 3 atom stereocenters. The molecule has 0 fully saturated rings. The average molecular weight is 373 g/mol. The number of carbonyl (C=O) groups is 1. The van der Waals surface area contributed by atoms with E-state index < -0.39 is 39.8 Å². The fraction of sp³-hybridized carbons (Fsp3) is 0.938. The number of hydrogen-bond donors (Lipinski definition) is 1. The predicted molar refractivity (Wildman–Crippen MR) is 89.7 cm³/mol. The van der Waals surface area contributed by atoms with Gasteiger partial charge in [-0.25, -0.2) is 8.93 Å². The van der Waals surface area contributed by atoms with Crippen molar-refractivity contribution in [1.29, 1.82) is 0 Å². The van der Waals surface area contributed by atoms with E-state index in [9.17, 15) is 22.2 Å². The second-order valence-electron chi connectivity index (χ2n) is 7.26. The highest BCUT2D eigenvalue weighted by molar-refractivity contribution is 7.84. The Hall–Kier alpha value is -0.630. The van der Waals surface area contributed by atoms with Crippen LogP contribution in [-0.2, 0) is 20.5 Å². The molecular weight excluding hydrogens is 343 g/mol. The number of carbonyl (C=O) groups excluding carboxylic acids is 1. The van der Waals surface area contributed by atoms with E-state index in [0.29, 0.717) is 12.8 Å². The van der Waals surface area contributed by atoms with E-state index in [-0.39, 0.29) is 18.9 Å². The Morgan fingerprint density at radius 3 is 2.08 bits per heavy atom. The van der Waals surface area contributed by atoms with Crippen molar-refractivity contribution in [2.24, 2.45) is 11.8 Å². The van der Waals surface area contributed by atoms with Gasteiger partial charge in [-0.15, -0.1) is 0 Å². The van der Waals surface area contributed by atoms with Crippen molar-refractivity contribution >= 4 is 17.0 Å². The summed E-state index contributed by atoms with van der Waals surface area (Å²) in [5.41, 5.74) is 0. The van der Waals surface area contributed by atoms with Gasteiger partial charge in [0.15, 0.2) is 0 Å². The van der Waals surface area contributed by atoms with Crippen molar-refractivity contribution in [2.75, 3.05) is 6.61 Å². The first kappa shape index (κ1) is 23.4. The van der Waals surface area contributed by atoms with Crippen LogP contribution in [0.3, 0.4) is 0 Å². The fourth-order valence-corrected chi connectivity index (χ4v) is 2.79. The van der Waals surface area contributed by atoms with Gasteiger partial charge in [0.1, 0.15) is 6.04 Å². The van der Waals surface area contributed by atoms with Gasteiger partial charge in [0, 0.05) is 0 Å². The third kappa shape index (κ3) is 8.46. The quantitative estimate of drug-likeness (QED) is 0.622. The highest BCUT2D eigenvalue weighted by Gasteiger charge is 2.49. The molecule has 8 heteroatoms. The number of nitrogens with one attached hydrogen (secondary N) is 1. The summed E-state index contributed by atoms with van der Waals surface area (Å²) < 4.78 is 58.9. The Morgan fingerprint density at radius 2 is 1.71 bits per heavy atom. The van der Waals surface area contributed by atoms with Crippen LogP contribution in [0.2, 0.25) is 0 Å². The number of hydrogen-bond acceptors (Lipinski definition) is 3. The first-order chi connectivity index (χ1) is 10.8. The van der Waals surface area contributed by atoms with E-state index in [4.69, 9.17) is 4.74 Å². The van der Waals surface area contributed by atoms with Gasteiger partial charge in [-0.3, -0.25) is 4.79 Å². The maximum atomic E-state index is 13.5. The van der Waals surface area contributed by atoms with Gasteiger partial charge in [0.25, 0.3) is 0 Å². The molecule has 0 bridgehead atoms. The van der Waals surface area contributed by atoms with Crippen LogP contribution < -0.4 is 4.72 Å². The molecule has 0 aliphatic heterocycles. The van der Waals surface area contributed by atoms with Crippen molar-refractivity contribution < 1.29 is 26.9 Å². The molecule has 0 amide bonds. The molecule has 0 heterocycles. The van der Waals surface area contributed by atoms with E-state index >= 15 is 0 Å². The Bertz CT molecular complexity index is 420. The molecule has 0 radical (unpaired) electrons. The Balaban J connectivity index is 5.47. The predicted octanol–water partition coefficient (Wildman–Crippen LogP) is 3.97. The molecule has 0 aromatic heterocycles. The Labute approximate surface area is 145 Å². The minimum absolute atomic E-state index is 0.0265. The standard InChI is InChI=1S/C16H30F3NO3S/c1-7-10-23-14(21)12(9-8-11(2)3)13(16(17,18)19)20-24(22)15(4,5)6/h11-13,20H,7-10H2,1-6H3/t12-,13-,24-/m1/s1. The monoisotopic (exact) mass is 373 g/mol. The summed E-state index contributed by atoms with van der Waals surface area (Å²) in [5, 5.41) is 0. The van der Waals surface area contributed by atoms with Gasteiger partial charge in [-0.1, -0.05) is 27.2 Å². The minimum atomic E-state index is -4.70. The molecule has 24 heavy (non-hydrogen) atoms. The molecule has 0 saturated carbocycles. The molecule has 0 aliphatic carbocycles. The lowest BCUT2D eigenvalue weighted by Gasteiger charge is -2.31. The molecule has 0 rings (SSSR count). The fourth-order valence-electron chi connectivity index (χ4n) is 1.91. The first-order valence-corrected chi connectivity index (χ1v) is 9.37. The van der Waals surface area contributed by atoms with E-state index in [2.05, 4.69) is 4.72 Å². The second-order valence-corrected chi connectivity index (χ2v) is 9.26. The number of esters is 1. The topological polar surface area (TPSA) is 55.4 Å². The molecule has 0 aromatic carbocycles. The summed E-state index contributed by atoms with van der Waals surface area (Å²) in [6.07, 6.45) is -3.70. The molecule has 0 saturated heterocycles. The molecule has 0 aromatic rings. The van der Waals surface area contributed by atoms with Gasteiger partial charge in [0.05, 0.1) is 28.3 Å². The Kier molecular flexibility index (Phi) is 9.49. The van der Waals surface area contributed by atoms with Gasteiger partial charge < -0.3 is 4.74 Å².